The van der Waals surface area contributed by atoms with Gasteiger partial charge in [-0.05, 0) is 31.5 Å². The van der Waals surface area contributed by atoms with Crippen LogP contribution in [0.2, 0.25) is 0 Å². The Balaban J connectivity index is 2.02. The Hall–Kier alpha value is -2.13. The highest BCUT2D eigenvalue weighted by Gasteiger charge is 2.09. The van der Waals surface area contributed by atoms with Crippen LogP contribution in [0.15, 0.2) is 47.8 Å². The quantitative estimate of drug-likeness (QED) is 0.692. The molecule has 0 bridgehead atoms. The molecule has 0 aliphatic rings. The summed E-state index contributed by atoms with van der Waals surface area (Å²) in [4.78, 5) is 4.75. The first-order valence-corrected chi connectivity index (χ1v) is 7.40. The Morgan fingerprint density at radius 3 is 2.65 bits per heavy atom. The number of anilines is 1. The van der Waals surface area contributed by atoms with E-state index in [2.05, 4.69) is 37.4 Å². The summed E-state index contributed by atoms with van der Waals surface area (Å²) in [6.45, 7) is 4.23. The Labute approximate surface area is 122 Å². The molecule has 0 aliphatic heterocycles. The van der Waals surface area contributed by atoms with Gasteiger partial charge in [0.2, 0.25) is 0 Å². The van der Waals surface area contributed by atoms with Gasteiger partial charge in [-0.25, -0.2) is 4.98 Å². The number of nitrogen functional groups attached to an aromatic ring is 1. The van der Waals surface area contributed by atoms with Crippen molar-refractivity contribution in [2.24, 2.45) is 0 Å². The van der Waals surface area contributed by atoms with E-state index in [0.717, 1.165) is 22.0 Å². The lowest BCUT2D eigenvalue weighted by atomic mass is 10.0. The maximum absolute atomic E-state index is 5.83. The first kappa shape index (κ1) is 12.9. The zero-order valence-corrected chi connectivity index (χ0v) is 12.4. The van der Waals surface area contributed by atoms with Crippen LogP contribution in [-0.4, -0.2) is 4.98 Å². The van der Waals surface area contributed by atoms with Gasteiger partial charge in [0, 0.05) is 22.2 Å². The molecule has 2 N–H and O–H groups in total. The molecule has 0 amide bonds. The van der Waals surface area contributed by atoms with E-state index in [1.807, 2.05) is 24.3 Å². The number of nitrogens with zero attached hydrogens (tertiary/aromatic N) is 1. The van der Waals surface area contributed by atoms with Crippen LogP contribution in [0, 0.1) is 13.8 Å². The summed E-state index contributed by atoms with van der Waals surface area (Å²) in [5, 5.41) is 3.11. The van der Waals surface area contributed by atoms with Gasteiger partial charge in [-0.15, -0.1) is 11.3 Å². The SMILES string of the molecule is Cc1ccc(-c2csc(-c3cccc(N)c3)n2)c(C)c1. The van der Waals surface area contributed by atoms with Crippen LogP contribution in [-0.2, 0) is 0 Å². The van der Waals surface area contributed by atoms with Crippen molar-refractivity contribution in [1.82, 2.24) is 4.98 Å². The molecule has 0 saturated carbocycles. The summed E-state index contributed by atoms with van der Waals surface area (Å²) < 4.78 is 0. The van der Waals surface area contributed by atoms with Crippen molar-refractivity contribution in [2.75, 3.05) is 5.73 Å². The van der Waals surface area contributed by atoms with Crippen molar-refractivity contribution in [3.63, 3.8) is 0 Å². The summed E-state index contributed by atoms with van der Waals surface area (Å²) in [6, 6.07) is 14.3. The zero-order chi connectivity index (χ0) is 14.1. The highest BCUT2D eigenvalue weighted by atomic mass is 32.1. The number of benzene rings is 2. The van der Waals surface area contributed by atoms with Gasteiger partial charge < -0.3 is 5.73 Å². The summed E-state index contributed by atoms with van der Waals surface area (Å²) in [5.41, 5.74) is 12.4. The monoisotopic (exact) mass is 280 g/mol. The van der Waals surface area contributed by atoms with E-state index >= 15 is 0 Å². The Morgan fingerprint density at radius 2 is 1.90 bits per heavy atom. The van der Waals surface area contributed by atoms with Crippen LogP contribution >= 0.6 is 11.3 Å². The predicted molar refractivity (Wildman–Crippen MR) is 86.9 cm³/mol. The van der Waals surface area contributed by atoms with Crippen LogP contribution in [0.25, 0.3) is 21.8 Å². The molecule has 100 valence electrons. The van der Waals surface area contributed by atoms with E-state index in [-0.39, 0.29) is 0 Å². The summed E-state index contributed by atoms with van der Waals surface area (Å²) in [6.07, 6.45) is 0. The third kappa shape index (κ3) is 2.45. The topological polar surface area (TPSA) is 38.9 Å². The van der Waals surface area contributed by atoms with E-state index in [0.29, 0.717) is 0 Å². The van der Waals surface area contributed by atoms with E-state index < -0.39 is 0 Å². The number of rotatable bonds is 2. The third-order valence-electron chi connectivity index (χ3n) is 3.30. The maximum Gasteiger partial charge on any atom is 0.124 e. The van der Waals surface area contributed by atoms with Gasteiger partial charge in [-0.1, -0.05) is 35.9 Å². The van der Waals surface area contributed by atoms with E-state index in [4.69, 9.17) is 10.7 Å². The lowest BCUT2D eigenvalue weighted by Gasteiger charge is -2.03. The number of hydrogen-bond donors (Lipinski definition) is 1. The minimum absolute atomic E-state index is 0.769. The van der Waals surface area contributed by atoms with Crippen LogP contribution in [0.3, 0.4) is 0 Å². The van der Waals surface area contributed by atoms with Gasteiger partial charge in [-0.3, -0.25) is 0 Å². The molecule has 2 aromatic carbocycles. The van der Waals surface area contributed by atoms with Crippen LogP contribution in [0.5, 0.6) is 0 Å². The second-order valence-electron chi connectivity index (χ2n) is 4.98. The van der Waals surface area contributed by atoms with Gasteiger partial charge in [0.25, 0.3) is 0 Å². The maximum atomic E-state index is 5.83. The largest absolute Gasteiger partial charge is 0.399 e. The summed E-state index contributed by atoms with van der Waals surface area (Å²) in [7, 11) is 0. The molecular formula is C17H16N2S. The molecule has 0 spiro atoms. The van der Waals surface area contributed by atoms with Gasteiger partial charge in [0.1, 0.15) is 5.01 Å². The molecule has 0 radical (unpaired) electrons. The number of hydrogen-bond acceptors (Lipinski definition) is 3. The first-order chi connectivity index (χ1) is 9.63. The van der Waals surface area contributed by atoms with Crippen molar-refractivity contribution < 1.29 is 0 Å². The molecule has 1 heterocycles. The van der Waals surface area contributed by atoms with Crippen molar-refractivity contribution in [3.05, 3.63) is 59.0 Å². The van der Waals surface area contributed by atoms with Crippen molar-refractivity contribution >= 4 is 17.0 Å². The fourth-order valence-electron chi connectivity index (χ4n) is 2.30. The van der Waals surface area contributed by atoms with Crippen molar-refractivity contribution in [2.45, 2.75) is 13.8 Å². The van der Waals surface area contributed by atoms with Gasteiger partial charge in [-0.2, -0.15) is 0 Å². The van der Waals surface area contributed by atoms with Crippen molar-refractivity contribution in [3.8, 4) is 21.8 Å². The normalized spacial score (nSPS) is 10.7. The fraction of sp³-hybridized carbons (Fsp3) is 0.118. The molecule has 0 atom stereocenters. The molecule has 20 heavy (non-hydrogen) atoms. The number of aryl methyl sites for hydroxylation is 2. The molecule has 0 saturated heterocycles. The Bertz CT molecular complexity index is 759. The molecule has 3 rings (SSSR count). The summed E-state index contributed by atoms with van der Waals surface area (Å²) in [5.74, 6) is 0. The van der Waals surface area contributed by atoms with Crippen LogP contribution in [0.1, 0.15) is 11.1 Å². The molecule has 2 nitrogen and oxygen atoms in total. The number of aromatic nitrogens is 1. The van der Waals surface area contributed by atoms with Crippen LogP contribution < -0.4 is 5.73 Å². The molecule has 1 aromatic heterocycles. The van der Waals surface area contributed by atoms with E-state index in [9.17, 15) is 0 Å². The average Bonchev–Trinajstić information content (AvgIpc) is 2.88. The first-order valence-electron chi connectivity index (χ1n) is 6.52. The average molecular weight is 280 g/mol. The predicted octanol–water partition coefficient (Wildman–Crippen LogP) is 4.68. The molecule has 3 aromatic rings. The van der Waals surface area contributed by atoms with Gasteiger partial charge in [0.15, 0.2) is 0 Å². The Kier molecular flexibility index (Phi) is 3.28. The van der Waals surface area contributed by atoms with Gasteiger partial charge in [0.05, 0.1) is 5.69 Å². The third-order valence-corrected chi connectivity index (χ3v) is 4.19. The number of nitrogens with two attached hydrogens (primary N) is 1. The Morgan fingerprint density at radius 1 is 1.05 bits per heavy atom. The van der Waals surface area contributed by atoms with Crippen molar-refractivity contribution in [1.29, 1.82) is 0 Å². The minimum Gasteiger partial charge on any atom is -0.399 e. The standard InChI is InChI=1S/C17H16N2S/c1-11-6-7-15(12(2)8-11)16-10-20-17(19-16)13-4-3-5-14(18)9-13/h3-10H,18H2,1-2H3. The molecule has 0 fully saturated rings. The molecular weight excluding hydrogens is 264 g/mol. The minimum atomic E-state index is 0.769. The smallest absolute Gasteiger partial charge is 0.124 e. The number of thiazole rings is 1. The zero-order valence-electron chi connectivity index (χ0n) is 11.6. The highest BCUT2D eigenvalue weighted by molar-refractivity contribution is 7.13. The fourth-order valence-corrected chi connectivity index (χ4v) is 3.12. The second kappa shape index (κ2) is 5.10. The van der Waals surface area contributed by atoms with E-state index in [1.165, 1.54) is 16.7 Å². The highest BCUT2D eigenvalue weighted by Crippen LogP contribution is 2.31. The molecule has 0 unspecified atom stereocenters. The summed E-state index contributed by atoms with van der Waals surface area (Å²) >= 11 is 1.65. The molecule has 0 aliphatic carbocycles. The lowest BCUT2D eigenvalue weighted by molar-refractivity contribution is 1.34. The van der Waals surface area contributed by atoms with Crippen LogP contribution in [0.4, 0.5) is 5.69 Å². The second-order valence-corrected chi connectivity index (χ2v) is 5.84. The lowest BCUT2D eigenvalue weighted by Crippen LogP contribution is -1.86. The molecule has 3 heteroatoms. The van der Waals surface area contributed by atoms with Gasteiger partial charge >= 0.3 is 0 Å². The van der Waals surface area contributed by atoms with E-state index in [1.54, 1.807) is 11.3 Å².